The van der Waals surface area contributed by atoms with Gasteiger partial charge in [0.05, 0.1) is 15.5 Å². The summed E-state index contributed by atoms with van der Waals surface area (Å²) in [6.07, 6.45) is 0. The smallest absolute Gasteiger partial charge is 0.322 e. The van der Waals surface area contributed by atoms with E-state index >= 15 is 0 Å². The van der Waals surface area contributed by atoms with Crippen molar-refractivity contribution in [2.75, 3.05) is 10.6 Å². The van der Waals surface area contributed by atoms with Crippen LogP contribution < -0.4 is 10.6 Å². The van der Waals surface area contributed by atoms with E-state index in [4.69, 9.17) is 27.6 Å². The number of rotatable bonds is 6. The van der Waals surface area contributed by atoms with E-state index in [1.807, 2.05) is 0 Å². The zero-order valence-corrected chi connectivity index (χ0v) is 18.5. The largest absolute Gasteiger partial charge is 0.403 e. The number of nitrogens with one attached hydrogen (secondary N) is 2. The number of carbonyl (C=O) groups is 2. The van der Waals surface area contributed by atoms with E-state index in [1.54, 1.807) is 18.2 Å². The van der Waals surface area contributed by atoms with E-state index in [-0.39, 0.29) is 33.7 Å². The van der Waals surface area contributed by atoms with Crippen molar-refractivity contribution in [3.8, 4) is 11.5 Å². The van der Waals surface area contributed by atoms with Crippen LogP contribution in [0, 0.1) is 10.1 Å². The molecule has 0 saturated heterocycles. The minimum Gasteiger partial charge on any atom is -0.403 e. The van der Waals surface area contributed by atoms with Gasteiger partial charge in [-0.25, -0.2) is 0 Å². The van der Waals surface area contributed by atoms with E-state index in [2.05, 4.69) is 20.8 Å². The van der Waals surface area contributed by atoms with E-state index in [0.29, 0.717) is 16.3 Å². The molecular weight excluding hydrogens is 485 g/mol. The molecule has 10 nitrogen and oxygen atoms in total. The maximum absolute atomic E-state index is 12.5. The lowest BCUT2D eigenvalue weighted by Crippen LogP contribution is -2.14. The van der Waals surface area contributed by atoms with Crippen molar-refractivity contribution in [1.82, 2.24) is 10.2 Å². The van der Waals surface area contributed by atoms with Gasteiger partial charge in [-0.2, -0.15) is 0 Å². The average Bonchev–Trinajstić information content (AvgIpc) is 3.28. The fourth-order valence-electron chi connectivity index (χ4n) is 2.86. The van der Waals surface area contributed by atoms with Crippen LogP contribution in [-0.4, -0.2) is 26.9 Å². The topological polar surface area (TPSA) is 140 Å². The highest BCUT2D eigenvalue weighted by Gasteiger charge is 2.15. The van der Waals surface area contributed by atoms with Gasteiger partial charge >= 0.3 is 6.01 Å². The number of nitrogens with zero attached hydrogens (tertiary/aromatic N) is 3. The van der Waals surface area contributed by atoms with Crippen molar-refractivity contribution >= 4 is 52.4 Å². The van der Waals surface area contributed by atoms with Crippen LogP contribution in [0.3, 0.4) is 0 Å². The van der Waals surface area contributed by atoms with Gasteiger partial charge in [-0.3, -0.25) is 25.0 Å². The maximum Gasteiger partial charge on any atom is 0.322 e. The SMILES string of the molecule is O=C(Nc1nnc(-c2ccc([N+](=O)[O-])cc2)o1)c1ccc(NC(=O)c2ccc(Cl)cc2Cl)cc1. The summed E-state index contributed by atoms with van der Waals surface area (Å²) in [6.45, 7) is 0. The molecule has 0 aliphatic rings. The average molecular weight is 498 g/mol. The predicted octanol–water partition coefficient (Wildman–Crippen LogP) is 5.46. The van der Waals surface area contributed by atoms with E-state index < -0.39 is 16.7 Å². The van der Waals surface area contributed by atoms with Crippen LogP contribution in [0.1, 0.15) is 20.7 Å². The number of amides is 2. The van der Waals surface area contributed by atoms with Crippen molar-refractivity contribution in [1.29, 1.82) is 0 Å². The van der Waals surface area contributed by atoms with Gasteiger partial charge in [0.25, 0.3) is 17.5 Å². The first kappa shape index (κ1) is 22.9. The molecule has 12 heteroatoms. The monoisotopic (exact) mass is 497 g/mol. The van der Waals surface area contributed by atoms with Crippen LogP contribution in [0.15, 0.2) is 71.1 Å². The van der Waals surface area contributed by atoms with E-state index in [9.17, 15) is 19.7 Å². The number of carbonyl (C=O) groups excluding carboxylic acids is 2. The molecule has 0 aliphatic carbocycles. The molecule has 1 aromatic heterocycles. The van der Waals surface area contributed by atoms with Gasteiger partial charge < -0.3 is 9.73 Å². The minimum atomic E-state index is -0.521. The summed E-state index contributed by atoms with van der Waals surface area (Å²) >= 11 is 11.9. The van der Waals surface area contributed by atoms with Crippen molar-refractivity contribution in [3.63, 3.8) is 0 Å². The Bertz CT molecular complexity index is 1390. The summed E-state index contributed by atoms with van der Waals surface area (Å²) in [5, 5.41) is 24.1. The van der Waals surface area contributed by atoms with Crippen LogP contribution in [0.4, 0.5) is 17.4 Å². The Labute approximate surface area is 201 Å². The summed E-state index contributed by atoms with van der Waals surface area (Å²) < 4.78 is 5.40. The van der Waals surface area contributed by atoms with E-state index in [0.717, 1.165) is 0 Å². The summed E-state index contributed by atoms with van der Waals surface area (Å²) in [7, 11) is 0. The predicted molar refractivity (Wildman–Crippen MR) is 125 cm³/mol. The fourth-order valence-corrected chi connectivity index (χ4v) is 3.36. The lowest BCUT2D eigenvalue weighted by molar-refractivity contribution is -0.384. The number of nitro groups is 1. The van der Waals surface area contributed by atoms with E-state index in [1.165, 1.54) is 48.5 Å². The van der Waals surface area contributed by atoms with Crippen LogP contribution in [0.2, 0.25) is 10.0 Å². The highest BCUT2D eigenvalue weighted by atomic mass is 35.5. The third-order valence-corrected chi connectivity index (χ3v) is 5.10. The first-order valence-corrected chi connectivity index (χ1v) is 10.3. The Hall–Kier alpha value is -4.28. The molecule has 0 fully saturated rings. The van der Waals surface area contributed by atoms with Crippen molar-refractivity contribution in [3.05, 3.63) is 98.0 Å². The summed E-state index contributed by atoms with van der Waals surface area (Å²) in [6, 6.07) is 16.0. The van der Waals surface area contributed by atoms with Crippen LogP contribution >= 0.6 is 23.2 Å². The van der Waals surface area contributed by atoms with Gasteiger partial charge in [0.2, 0.25) is 5.89 Å². The maximum atomic E-state index is 12.5. The Morgan fingerprint density at radius 3 is 2.24 bits per heavy atom. The van der Waals surface area contributed by atoms with Gasteiger partial charge in [-0.1, -0.05) is 28.3 Å². The second-order valence-corrected chi connectivity index (χ2v) is 7.67. The van der Waals surface area contributed by atoms with Gasteiger partial charge in [0, 0.05) is 34.0 Å². The molecule has 3 aromatic carbocycles. The van der Waals surface area contributed by atoms with Gasteiger partial charge in [0.15, 0.2) is 0 Å². The molecular formula is C22H13Cl2N5O5. The van der Waals surface area contributed by atoms with Gasteiger partial charge in [0.1, 0.15) is 0 Å². The zero-order valence-electron chi connectivity index (χ0n) is 17.0. The van der Waals surface area contributed by atoms with Crippen LogP contribution in [0.5, 0.6) is 0 Å². The summed E-state index contributed by atoms with van der Waals surface area (Å²) in [5.74, 6) is -0.856. The lowest BCUT2D eigenvalue weighted by Gasteiger charge is -2.08. The first-order valence-electron chi connectivity index (χ1n) is 9.56. The third kappa shape index (κ3) is 5.20. The highest BCUT2D eigenvalue weighted by Crippen LogP contribution is 2.24. The molecule has 0 spiro atoms. The molecule has 170 valence electrons. The number of aromatic nitrogens is 2. The second-order valence-electron chi connectivity index (χ2n) is 6.83. The number of benzene rings is 3. The quantitative estimate of drug-likeness (QED) is 0.266. The Kier molecular flexibility index (Phi) is 6.53. The molecule has 1 heterocycles. The summed E-state index contributed by atoms with van der Waals surface area (Å²) in [4.78, 5) is 35.1. The molecule has 4 rings (SSSR count). The highest BCUT2D eigenvalue weighted by molar-refractivity contribution is 6.37. The van der Waals surface area contributed by atoms with Crippen molar-refractivity contribution in [2.24, 2.45) is 0 Å². The number of non-ortho nitro benzene ring substituents is 1. The minimum absolute atomic E-state index is 0.0762. The molecule has 2 N–H and O–H groups in total. The Morgan fingerprint density at radius 2 is 1.59 bits per heavy atom. The molecule has 0 aliphatic heterocycles. The molecule has 0 saturated carbocycles. The Balaban J connectivity index is 1.39. The summed E-state index contributed by atoms with van der Waals surface area (Å²) in [5.41, 5.74) is 1.36. The molecule has 2 amide bonds. The van der Waals surface area contributed by atoms with Gasteiger partial charge in [-0.15, -0.1) is 5.10 Å². The van der Waals surface area contributed by atoms with Crippen molar-refractivity contribution in [2.45, 2.75) is 0 Å². The third-order valence-electron chi connectivity index (χ3n) is 4.55. The molecule has 0 unspecified atom stereocenters. The number of halogens is 2. The first-order chi connectivity index (χ1) is 16.3. The molecule has 34 heavy (non-hydrogen) atoms. The molecule has 4 aromatic rings. The normalized spacial score (nSPS) is 10.5. The fraction of sp³-hybridized carbons (Fsp3) is 0. The van der Waals surface area contributed by atoms with Gasteiger partial charge in [-0.05, 0) is 54.6 Å². The second kappa shape index (κ2) is 9.69. The zero-order chi connectivity index (χ0) is 24.2. The molecule has 0 bridgehead atoms. The molecule has 0 radical (unpaired) electrons. The van der Waals surface area contributed by atoms with Crippen LogP contribution in [0.25, 0.3) is 11.5 Å². The van der Waals surface area contributed by atoms with Crippen LogP contribution in [-0.2, 0) is 0 Å². The van der Waals surface area contributed by atoms with Crippen molar-refractivity contribution < 1.29 is 18.9 Å². The number of hydrogen-bond donors (Lipinski definition) is 2. The standard InChI is InChI=1S/C22H13Cl2N5O5/c23-14-5-10-17(18(24)11-14)20(31)25-15-6-1-12(2-7-15)19(30)26-22-28-27-21(34-22)13-3-8-16(9-4-13)29(32)33/h1-11H,(H,25,31)(H,26,28,30). The number of anilines is 2. The molecule has 0 atom stereocenters. The Morgan fingerprint density at radius 1 is 0.882 bits per heavy atom. The number of nitro benzene ring substituents is 1. The number of hydrogen-bond acceptors (Lipinski definition) is 7. The lowest BCUT2D eigenvalue weighted by atomic mass is 10.1.